The lowest BCUT2D eigenvalue weighted by atomic mass is 10.0. The summed E-state index contributed by atoms with van der Waals surface area (Å²) in [7, 11) is 0. The van der Waals surface area contributed by atoms with Gasteiger partial charge in [0.15, 0.2) is 0 Å². The van der Waals surface area contributed by atoms with Crippen LogP contribution in [0.1, 0.15) is 16.7 Å². The number of hydrogen-bond acceptors (Lipinski definition) is 4. The van der Waals surface area contributed by atoms with Gasteiger partial charge in [-0.3, -0.25) is 4.79 Å². The van der Waals surface area contributed by atoms with Crippen LogP contribution in [0.3, 0.4) is 0 Å². The molecule has 0 radical (unpaired) electrons. The lowest BCUT2D eigenvalue weighted by Gasteiger charge is -2.12. The molecule has 1 aliphatic rings. The fourth-order valence-corrected chi connectivity index (χ4v) is 2.84. The average Bonchev–Trinajstić information content (AvgIpc) is 2.91. The van der Waals surface area contributed by atoms with Crippen LogP contribution in [0, 0.1) is 0 Å². The van der Waals surface area contributed by atoms with Crippen LogP contribution in [0.15, 0.2) is 42.5 Å². The topological polar surface area (TPSA) is 52.3 Å². The van der Waals surface area contributed by atoms with Crippen LogP contribution >= 0.6 is 12.6 Å². The Morgan fingerprint density at radius 1 is 1.19 bits per heavy atom. The van der Waals surface area contributed by atoms with E-state index in [2.05, 4.69) is 36.9 Å². The summed E-state index contributed by atoms with van der Waals surface area (Å²) in [4.78, 5) is 11.7. The van der Waals surface area contributed by atoms with Gasteiger partial charge < -0.3 is 10.5 Å². The second kappa shape index (κ2) is 5.92. The number of esters is 1. The van der Waals surface area contributed by atoms with Crippen molar-refractivity contribution in [3.05, 3.63) is 59.2 Å². The zero-order valence-corrected chi connectivity index (χ0v) is 12.5. The number of benzene rings is 2. The zero-order chi connectivity index (χ0) is 14.8. The van der Waals surface area contributed by atoms with E-state index in [-0.39, 0.29) is 12.4 Å². The second-order valence-electron chi connectivity index (χ2n) is 5.17. The third-order valence-electron chi connectivity index (χ3n) is 3.82. The summed E-state index contributed by atoms with van der Waals surface area (Å²) in [5.41, 5.74) is 11.7. The first kappa shape index (κ1) is 14.2. The Bertz CT molecular complexity index is 684. The standard InChI is InChI=1S/C17H17NO2S/c18-16(10-21)17(19)20-9-12-5-3-7-14-13-6-2-1-4-11(13)8-15(12)14/h1-7,16,21H,8-10,18H2. The van der Waals surface area contributed by atoms with Crippen molar-refractivity contribution in [2.24, 2.45) is 5.73 Å². The van der Waals surface area contributed by atoms with Crippen molar-refractivity contribution in [1.82, 2.24) is 0 Å². The van der Waals surface area contributed by atoms with Crippen molar-refractivity contribution < 1.29 is 9.53 Å². The summed E-state index contributed by atoms with van der Waals surface area (Å²) in [5.74, 6) is -0.116. The first-order valence-electron chi connectivity index (χ1n) is 6.93. The average molecular weight is 299 g/mol. The van der Waals surface area contributed by atoms with E-state index in [0.29, 0.717) is 0 Å². The number of rotatable bonds is 4. The van der Waals surface area contributed by atoms with Gasteiger partial charge in [0.25, 0.3) is 0 Å². The maximum atomic E-state index is 11.7. The zero-order valence-electron chi connectivity index (χ0n) is 11.6. The van der Waals surface area contributed by atoms with Crippen LogP contribution in [-0.2, 0) is 22.6 Å². The Morgan fingerprint density at radius 2 is 1.95 bits per heavy atom. The number of thiol groups is 1. The molecule has 0 amide bonds. The molecule has 0 spiro atoms. The maximum absolute atomic E-state index is 11.7. The number of ether oxygens (including phenoxy) is 1. The summed E-state index contributed by atoms with van der Waals surface area (Å²) in [6.45, 7) is 0.261. The highest BCUT2D eigenvalue weighted by Gasteiger charge is 2.21. The highest BCUT2D eigenvalue weighted by Crippen LogP contribution is 2.38. The Morgan fingerprint density at radius 3 is 2.76 bits per heavy atom. The highest BCUT2D eigenvalue weighted by molar-refractivity contribution is 7.80. The van der Waals surface area contributed by atoms with Crippen LogP contribution in [-0.4, -0.2) is 17.8 Å². The molecule has 1 aliphatic carbocycles. The molecule has 1 unspecified atom stereocenters. The largest absolute Gasteiger partial charge is 0.460 e. The van der Waals surface area contributed by atoms with E-state index >= 15 is 0 Å². The summed E-state index contributed by atoms with van der Waals surface area (Å²) < 4.78 is 5.29. The minimum absolute atomic E-state index is 0.261. The van der Waals surface area contributed by atoms with E-state index < -0.39 is 12.0 Å². The van der Waals surface area contributed by atoms with Gasteiger partial charge in [0.05, 0.1) is 0 Å². The molecule has 0 aromatic heterocycles. The predicted molar refractivity (Wildman–Crippen MR) is 86.3 cm³/mol. The molecule has 0 saturated heterocycles. The lowest BCUT2D eigenvalue weighted by molar-refractivity contribution is -0.145. The van der Waals surface area contributed by atoms with E-state index in [1.54, 1.807) is 0 Å². The van der Waals surface area contributed by atoms with Crippen LogP contribution in [0.25, 0.3) is 11.1 Å². The van der Waals surface area contributed by atoms with Gasteiger partial charge in [-0.15, -0.1) is 0 Å². The van der Waals surface area contributed by atoms with Gasteiger partial charge >= 0.3 is 5.97 Å². The lowest BCUT2D eigenvalue weighted by Crippen LogP contribution is -2.33. The quantitative estimate of drug-likeness (QED) is 0.575. The molecule has 2 aromatic carbocycles. The molecule has 3 rings (SSSR count). The van der Waals surface area contributed by atoms with Crippen molar-refractivity contribution in [2.75, 3.05) is 5.75 Å². The summed E-state index contributed by atoms with van der Waals surface area (Å²) in [6.07, 6.45) is 0.887. The van der Waals surface area contributed by atoms with E-state index in [9.17, 15) is 4.79 Å². The summed E-state index contributed by atoms with van der Waals surface area (Å²) in [5, 5.41) is 0. The van der Waals surface area contributed by atoms with Gasteiger partial charge in [-0.1, -0.05) is 42.5 Å². The van der Waals surface area contributed by atoms with Gasteiger partial charge in [0, 0.05) is 5.75 Å². The van der Waals surface area contributed by atoms with Gasteiger partial charge in [0.1, 0.15) is 12.6 Å². The van der Waals surface area contributed by atoms with Crippen LogP contribution < -0.4 is 5.73 Å². The van der Waals surface area contributed by atoms with E-state index in [1.165, 1.54) is 22.3 Å². The van der Waals surface area contributed by atoms with Crippen LogP contribution in [0.4, 0.5) is 0 Å². The first-order chi connectivity index (χ1) is 10.2. The molecule has 0 fully saturated rings. The molecule has 3 nitrogen and oxygen atoms in total. The molecule has 1 atom stereocenters. The highest BCUT2D eigenvalue weighted by atomic mass is 32.1. The molecule has 0 bridgehead atoms. The number of carbonyl (C=O) groups excluding carboxylic acids is 1. The molecule has 0 aliphatic heterocycles. The normalized spacial score (nSPS) is 13.4. The number of nitrogens with two attached hydrogens (primary N) is 1. The van der Waals surface area contributed by atoms with Crippen LogP contribution in [0.5, 0.6) is 0 Å². The molecule has 2 aromatic rings. The van der Waals surface area contributed by atoms with Crippen molar-refractivity contribution in [3.63, 3.8) is 0 Å². The fraction of sp³-hybridized carbons (Fsp3) is 0.235. The molecule has 21 heavy (non-hydrogen) atoms. The number of fused-ring (bicyclic) bond motifs is 3. The van der Waals surface area contributed by atoms with E-state index in [4.69, 9.17) is 10.5 Å². The molecule has 4 heteroatoms. The molecular weight excluding hydrogens is 282 g/mol. The third kappa shape index (κ3) is 2.69. The minimum atomic E-state index is -0.665. The monoisotopic (exact) mass is 299 g/mol. The smallest absolute Gasteiger partial charge is 0.324 e. The number of hydrogen-bond donors (Lipinski definition) is 2. The van der Waals surface area contributed by atoms with Crippen LogP contribution in [0.2, 0.25) is 0 Å². The number of carbonyl (C=O) groups is 1. The van der Waals surface area contributed by atoms with E-state index in [1.807, 2.05) is 18.2 Å². The fourth-order valence-electron chi connectivity index (χ4n) is 2.69. The molecule has 0 heterocycles. The molecular formula is C17H17NO2S. The third-order valence-corrected chi connectivity index (χ3v) is 4.21. The molecule has 108 valence electrons. The Labute approximate surface area is 129 Å². The maximum Gasteiger partial charge on any atom is 0.324 e. The Hall–Kier alpha value is -1.78. The van der Waals surface area contributed by atoms with Crippen molar-refractivity contribution in [2.45, 2.75) is 19.1 Å². The van der Waals surface area contributed by atoms with Gasteiger partial charge in [-0.2, -0.15) is 12.6 Å². The van der Waals surface area contributed by atoms with Gasteiger partial charge in [-0.05, 0) is 34.2 Å². The van der Waals surface area contributed by atoms with Gasteiger partial charge in [0.2, 0.25) is 0 Å². The Balaban J connectivity index is 1.82. The van der Waals surface area contributed by atoms with E-state index in [0.717, 1.165) is 12.0 Å². The first-order valence-corrected chi connectivity index (χ1v) is 7.56. The second-order valence-corrected chi connectivity index (χ2v) is 5.54. The summed E-state index contributed by atoms with van der Waals surface area (Å²) in [6, 6.07) is 13.8. The van der Waals surface area contributed by atoms with Crippen molar-refractivity contribution in [1.29, 1.82) is 0 Å². The predicted octanol–water partition coefficient (Wildman–Crippen LogP) is 2.56. The molecule has 0 saturated carbocycles. The van der Waals surface area contributed by atoms with Gasteiger partial charge in [-0.25, -0.2) is 0 Å². The Kier molecular flexibility index (Phi) is 3.99. The molecule has 2 N–H and O–H groups in total. The van der Waals surface area contributed by atoms with Crippen molar-refractivity contribution in [3.8, 4) is 11.1 Å². The summed E-state index contributed by atoms with van der Waals surface area (Å²) >= 11 is 4.01. The minimum Gasteiger partial charge on any atom is -0.460 e. The SMILES string of the molecule is NC(CS)C(=O)OCc1cccc2c1Cc1ccccc1-2. The van der Waals surface area contributed by atoms with Crippen molar-refractivity contribution >= 4 is 18.6 Å².